The van der Waals surface area contributed by atoms with Gasteiger partial charge in [-0.15, -0.1) is 11.7 Å². The Morgan fingerprint density at radius 2 is 1.88 bits per heavy atom. The van der Waals surface area contributed by atoms with E-state index in [1.165, 1.54) is 0 Å². The van der Waals surface area contributed by atoms with Crippen molar-refractivity contribution in [2.24, 2.45) is 22.1 Å². The monoisotopic (exact) mass is 544 g/mol. The second kappa shape index (κ2) is 10.2. The maximum absolute atomic E-state index is 11.6. The van der Waals surface area contributed by atoms with Crippen LogP contribution in [0, 0.1) is 11.8 Å². The summed E-state index contributed by atoms with van der Waals surface area (Å²) in [6.07, 6.45) is 5.34. The van der Waals surface area contributed by atoms with E-state index in [9.17, 15) is 5.11 Å². The molecule has 0 amide bonds. The number of nitrogens with two attached hydrogens (primary N) is 1. The van der Waals surface area contributed by atoms with Crippen molar-refractivity contribution in [3.05, 3.63) is 85.1 Å². The number of piperidine rings is 3. The van der Waals surface area contributed by atoms with E-state index >= 15 is 0 Å². The molecule has 0 radical (unpaired) electrons. The predicted octanol–water partition coefficient (Wildman–Crippen LogP) is 6.87. The quantitative estimate of drug-likeness (QED) is 0.104. The van der Waals surface area contributed by atoms with E-state index in [1.807, 2.05) is 54.6 Å². The van der Waals surface area contributed by atoms with Gasteiger partial charge in [0.1, 0.15) is 11.4 Å². The lowest BCUT2D eigenvalue weighted by atomic mass is 9.73. The van der Waals surface area contributed by atoms with Gasteiger partial charge in [-0.05, 0) is 85.3 Å². The lowest BCUT2D eigenvalue weighted by Gasteiger charge is -2.50. The predicted molar refractivity (Wildman–Crippen MR) is 163 cm³/mol. The van der Waals surface area contributed by atoms with Gasteiger partial charge in [-0.3, -0.25) is 9.88 Å². The molecule has 3 fully saturated rings. The summed E-state index contributed by atoms with van der Waals surface area (Å²) in [4.78, 5) is 11.8. The smallest absolute Gasteiger partial charge is 0.147 e. The number of hydrogen-bond acceptors (Lipinski definition) is 8. The van der Waals surface area contributed by atoms with Gasteiger partial charge in [0.25, 0.3) is 0 Å². The third kappa shape index (κ3) is 4.59. The SMILES string of the molecule is C=CC1CN2CCC1CC2[C@H](O)c1ccnc2cc(N=Nc3ccc4cc5ccc(N)cc5nc4c3)c(OC)cc12. The number of aliphatic hydroxyl groups is 1. The van der Waals surface area contributed by atoms with Crippen LogP contribution < -0.4 is 10.5 Å². The molecule has 0 spiro atoms. The largest absolute Gasteiger partial charge is 0.494 e. The van der Waals surface area contributed by atoms with Gasteiger partial charge >= 0.3 is 0 Å². The number of ether oxygens (including phenoxy) is 1. The molecule has 0 saturated carbocycles. The number of benzene rings is 3. The van der Waals surface area contributed by atoms with Crippen LogP contribution in [0.2, 0.25) is 0 Å². The number of anilines is 1. The number of azo groups is 1. The van der Waals surface area contributed by atoms with E-state index in [0.717, 1.165) is 64.2 Å². The standard InChI is InChI=1S/C33H32N6O2/c1-3-19-18-39-11-9-20(19)13-31(39)33(40)25-8-10-35-29-17-30(32(41-2)16-26(25)29)38-37-24-7-5-22-12-21-4-6-23(34)14-27(21)36-28(22)15-24/h3-8,10,12,14-17,19-20,31,33,40H,1,9,11,13,18,34H2,2H3/t19?,20?,31?,33-/m1/s1. The van der Waals surface area contributed by atoms with Crippen molar-refractivity contribution >= 4 is 49.8 Å². The molecule has 5 aromatic rings. The molecular formula is C33H32N6O2. The zero-order valence-corrected chi connectivity index (χ0v) is 22.9. The highest BCUT2D eigenvalue weighted by atomic mass is 16.5. The number of aliphatic hydroxyl groups excluding tert-OH is 1. The molecule has 4 unspecified atom stereocenters. The van der Waals surface area contributed by atoms with Crippen molar-refractivity contribution in [2.75, 3.05) is 25.9 Å². The fourth-order valence-electron chi connectivity index (χ4n) is 6.60. The number of aromatic nitrogens is 2. The fraction of sp³-hybridized carbons (Fsp3) is 0.273. The summed E-state index contributed by atoms with van der Waals surface area (Å²) in [5.41, 5.74) is 11.1. The van der Waals surface area contributed by atoms with Crippen molar-refractivity contribution < 1.29 is 9.84 Å². The molecule has 41 heavy (non-hydrogen) atoms. The van der Waals surface area contributed by atoms with E-state index in [0.29, 0.717) is 34.6 Å². The Labute approximate surface area is 238 Å². The molecule has 3 aliphatic heterocycles. The first-order valence-electron chi connectivity index (χ1n) is 14.0. The Balaban J connectivity index is 1.20. The van der Waals surface area contributed by atoms with E-state index in [4.69, 9.17) is 15.5 Å². The summed E-state index contributed by atoms with van der Waals surface area (Å²) in [5.74, 6) is 1.65. The Morgan fingerprint density at radius 3 is 2.66 bits per heavy atom. The number of nitrogen functional groups attached to an aromatic ring is 1. The minimum Gasteiger partial charge on any atom is -0.494 e. The molecule has 5 atom stereocenters. The van der Waals surface area contributed by atoms with Crippen molar-refractivity contribution in [2.45, 2.75) is 25.0 Å². The number of nitrogens with zero attached hydrogens (tertiary/aromatic N) is 5. The highest BCUT2D eigenvalue weighted by Gasteiger charge is 2.42. The molecule has 3 aliphatic rings. The summed E-state index contributed by atoms with van der Waals surface area (Å²) in [5, 5.41) is 23.5. The minimum absolute atomic E-state index is 0.0796. The highest BCUT2D eigenvalue weighted by Crippen LogP contribution is 2.43. The Bertz CT molecular complexity index is 1840. The zero-order chi connectivity index (χ0) is 28.1. The Kier molecular flexibility index (Phi) is 6.37. The second-order valence-electron chi connectivity index (χ2n) is 11.2. The molecule has 8 nitrogen and oxygen atoms in total. The van der Waals surface area contributed by atoms with E-state index in [-0.39, 0.29) is 6.04 Å². The molecule has 3 N–H and O–H groups in total. The van der Waals surface area contributed by atoms with Crippen LogP contribution in [0.15, 0.2) is 89.7 Å². The number of pyridine rings is 2. The van der Waals surface area contributed by atoms with Crippen LogP contribution in [0.3, 0.4) is 0 Å². The topological polar surface area (TPSA) is 109 Å². The molecule has 0 aliphatic carbocycles. The maximum Gasteiger partial charge on any atom is 0.147 e. The van der Waals surface area contributed by atoms with Crippen molar-refractivity contribution in [3.8, 4) is 5.75 Å². The fourth-order valence-corrected chi connectivity index (χ4v) is 6.60. The van der Waals surface area contributed by atoms with Gasteiger partial charge in [-0.25, -0.2) is 4.98 Å². The molecule has 8 heteroatoms. The molecule has 2 aromatic heterocycles. The minimum atomic E-state index is -0.622. The first kappa shape index (κ1) is 25.6. The molecular weight excluding hydrogens is 512 g/mol. The molecule has 8 rings (SSSR count). The van der Waals surface area contributed by atoms with Crippen molar-refractivity contribution in [1.82, 2.24) is 14.9 Å². The number of methoxy groups -OCH3 is 1. The first-order chi connectivity index (χ1) is 20.0. The van der Waals surface area contributed by atoms with Crippen LogP contribution in [0.25, 0.3) is 32.7 Å². The van der Waals surface area contributed by atoms with Gasteiger partial charge in [0, 0.05) is 40.6 Å². The lowest BCUT2D eigenvalue weighted by molar-refractivity contribution is -0.0444. The summed E-state index contributed by atoms with van der Waals surface area (Å²) >= 11 is 0. The van der Waals surface area contributed by atoms with Crippen molar-refractivity contribution in [1.29, 1.82) is 0 Å². The van der Waals surface area contributed by atoms with Crippen LogP contribution >= 0.6 is 0 Å². The van der Waals surface area contributed by atoms with E-state index in [1.54, 1.807) is 13.3 Å². The Morgan fingerprint density at radius 1 is 1.05 bits per heavy atom. The van der Waals surface area contributed by atoms with Gasteiger partial charge in [-0.1, -0.05) is 18.2 Å². The van der Waals surface area contributed by atoms with Gasteiger partial charge < -0.3 is 15.6 Å². The van der Waals surface area contributed by atoms with Gasteiger partial charge in [0.15, 0.2) is 0 Å². The summed E-state index contributed by atoms with van der Waals surface area (Å²) in [6, 6.07) is 19.4. The highest BCUT2D eigenvalue weighted by molar-refractivity contribution is 5.94. The van der Waals surface area contributed by atoms with Gasteiger partial charge in [-0.2, -0.15) is 5.11 Å². The van der Waals surface area contributed by atoms with Crippen molar-refractivity contribution in [3.63, 3.8) is 0 Å². The molecule has 2 bridgehead atoms. The van der Waals surface area contributed by atoms with Gasteiger partial charge in [0.05, 0.1) is 35.5 Å². The lowest BCUT2D eigenvalue weighted by Crippen LogP contribution is -2.54. The third-order valence-electron chi connectivity index (χ3n) is 8.81. The molecule has 3 saturated heterocycles. The van der Waals surface area contributed by atoms with E-state index in [2.05, 4.69) is 38.8 Å². The third-order valence-corrected chi connectivity index (χ3v) is 8.81. The number of fused-ring (bicyclic) bond motifs is 6. The number of rotatable bonds is 6. The van der Waals surface area contributed by atoms with Crippen LogP contribution in [0.5, 0.6) is 5.75 Å². The molecule has 5 heterocycles. The van der Waals surface area contributed by atoms with Gasteiger partial charge in [0.2, 0.25) is 0 Å². The van der Waals surface area contributed by atoms with E-state index < -0.39 is 6.10 Å². The second-order valence-corrected chi connectivity index (χ2v) is 11.2. The first-order valence-corrected chi connectivity index (χ1v) is 14.0. The van der Waals surface area contributed by atoms with Crippen LogP contribution in [0.1, 0.15) is 24.5 Å². The Hall–Kier alpha value is -4.40. The van der Waals surface area contributed by atoms with Crippen LogP contribution in [-0.2, 0) is 0 Å². The zero-order valence-electron chi connectivity index (χ0n) is 22.9. The number of hydrogen-bond donors (Lipinski definition) is 2. The van der Waals surface area contributed by atoms with Crippen LogP contribution in [0.4, 0.5) is 17.1 Å². The van der Waals surface area contributed by atoms with Crippen LogP contribution in [-0.4, -0.2) is 46.2 Å². The average molecular weight is 545 g/mol. The summed E-state index contributed by atoms with van der Waals surface area (Å²) < 4.78 is 5.72. The summed E-state index contributed by atoms with van der Waals surface area (Å²) in [6.45, 7) is 6.00. The molecule has 3 aromatic carbocycles. The summed E-state index contributed by atoms with van der Waals surface area (Å²) in [7, 11) is 1.62. The normalized spacial score (nSPS) is 23.0. The average Bonchev–Trinajstić information content (AvgIpc) is 3.01. The molecule has 206 valence electrons. The maximum atomic E-state index is 11.6.